The molecule has 19 heavy (non-hydrogen) atoms. The van der Waals surface area contributed by atoms with Crippen LogP contribution in [0.15, 0.2) is 40.2 Å². The van der Waals surface area contributed by atoms with Gasteiger partial charge in [-0.1, -0.05) is 0 Å². The second kappa shape index (κ2) is 5.49. The van der Waals surface area contributed by atoms with Crippen molar-refractivity contribution in [3.05, 3.63) is 35.3 Å². The number of nitrogens with zero attached hydrogens (tertiary/aromatic N) is 3. The van der Waals surface area contributed by atoms with Crippen molar-refractivity contribution < 1.29 is 8.42 Å². The SMILES string of the molecule is CNc1ncccc1S(=O)(=O)Nc1cnc(Br)cn1. The van der Waals surface area contributed by atoms with Crippen molar-refractivity contribution in [1.82, 2.24) is 15.0 Å². The molecule has 0 aromatic carbocycles. The molecule has 2 heterocycles. The van der Waals surface area contributed by atoms with E-state index in [0.29, 0.717) is 4.60 Å². The van der Waals surface area contributed by atoms with Gasteiger partial charge in [0.1, 0.15) is 15.3 Å². The molecular weight excluding hydrogens is 334 g/mol. The summed E-state index contributed by atoms with van der Waals surface area (Å²) in [5, 5.41) is 2.72. The summed E-state index contributed by atoms with van der Waals surface area (Å²) in [4.78, 5) is 11.8. The number of nitrogens with one attached hydrogen (secondary N) is 2. The fourth-order valence-electron chi connectivity index (χ4n) is 1.35. The van der Waals surface area contributed by atoms with E-state index in [1.54, 1.807) is 13.1 Å². The maximum atomic E-state index is 12.2. The topological polar surface area (TPSA) is 96.9 Å². The molecule has 0 amide bonds. The molecule has 0 saturated carbocycles. The van der Waals surface area contributed by atoms with Crippen molar-refractivity contribution in [3.8, 4) is 0 Å². The van der Waals surface area contributed by atoms with Gasteiger partial charge in [0.15, 0.2) is 5.82 Å². The predicted octanol–water partition coefficient (Wildman–Crippen LogP) is 1.48. The van der Waals surface area contributed by atoms with Crippen LogP contribution < -0.4 is 10.0 Å². The van der Waals surface area contributed by atoms with Crippen molar-refractivity contribution in [1.29, 1.82) is 0 Å². The zero-order chi connectivity index (χ0) is 13.9. The van der Waals surface area contributed by atoms with Crippen LogP contribution in [0.25, 0.3) is 0 Å². The quantitative estimate of drug-likeness (QED) is 0.872. The van der Waals surface area contributed by atoms with Gasteiger partial charge in [0, 0.05) is 13.2 Å². The van der Waals surface area contributed by atoms with Crippen LogP contribution in [-0.4, -0.2) is 30.4 Å². The van der Waals surface area contributed by atoms with Crippen molar-refractivity contribution >= 4 is 37.6 Å². The minimum atomic E-state index is -3.76. The predicted molar refractivity (Wildman–Crippen MR) is 74.3 cm³/mol. The Kier molecular flexibility index (Phi) is 3.96. The van der Waals surface area contributed by atoms with Gasteiger partial charge in [0.05, 0.1) is 12.4 Å². The third-order valence-electron chi connectivity index (χ3n) is 2.16. The summed E-state index contributed by atoms with van der Waals surface area (Å²) in [7, 11) is -2.16. The van der Waals surface area contributed by atoms with Gasteiger partial charge < -0.3 is 5.32 Å². The largest absolute Gasteiger partial charge is 0.372 e. The van der Waals surface area contributed by atoms with Crippen LogP contribution in [0.5, 0.6) is 0 Å². The smallest absolute Gasteiger partial charge is 0.266 e. The second-order valence-electron chi connectivity index (χ2n) is 3.43. The maximum Gasteiger partial charge on any atom is 0.266 e. The Morgan fingerprint density at radius 2 is 2.00 bits per heavy atom. The maximum absolute atomic E-state index is 12.2. The van der Waals surface area contributed by atoms with E-state index in [9.17, 15) is 8.42 Å². The van der Waals surface area contributed by atoms with Crippen LogP contribution in [0, 0.1) is 0 Å². The normalized spacial score (nSPS) is 11.1. The fraction of sp³-hybridized carbons (Fsp3) is 0.100. The van der Waals surface area contributed by atoms with Gasteiger partial charge >= 0.3 is 0 Å². The van der Waals surface area contributed by atoms with E-state index < -0.39 is 10.0 Å². The fourth-order valence-corrected chi connectivity index (χ4v) is 2.72. The van der Waals surface area contributed by atoms with E-state index in [0.717, 1.165) is 0 Å². The Morgan fingerprint density at radius 3 is 2.63 bits per heavy atom. The first-order valence-corrected chi connectivity index (χ1v) is 7.43. The first kappa shape index (κ1) is 13.7. The molecule has 2 aromatic heterocycles. The van der Waals surface area contributed by atoms with E-state index in [-0.39, 0.29) is 16.5 Å². The summed E-state index contributed by atoms with van der Waals surface area (Å²) in [6.45, 7) is 0. The van der Waals surface area contributed by atoms with Crippen LogP contribution >= 0.6 is 15.9 Å². The number of aromatic nitrogens is 3. The second-order valence-corrected chi connectivity index (χ2v) is 5.89. The third-order valence-corrected chi connectivity index (χ3v) is 3.95. The molecule has 2 aromatic rings. The van der Waals surface area contributed by atoms with Crippen LogP contribution in [0.4, 0.5) is 11.6 Å². The Morgan fingerprint density at radius 1 is 1.21 bits per heavy atom. The van der Waals surface area contributed by atoms with Gasteiger partial charge in [-0.15, -0.1) is 0 Å². The van der Waals surface area contributed by atoms with E-state index in [1.807, 2.05) is 0 Å². The number of sulfonamides is 1. The monoisotopic (exact) mass is 343 g/mol. The van der Waals surface area contributed by atoms with Crippen LogP contribution in [0.3, 0.4) is 0 Å². The Bertz CT molecular complexity index is 675. The van der Waals surface area contributed by atoms with E-state index in [2.05, 4.69) is 40.9 Å². The standard InChI is InChI=1S/C10H10BrN5O2S/c1-12-10-7(3-2-4-13-10)19(17,18)16-9-6-14-8(11)5-15-9/h2-6H,1H3,(H,12,13)(H,15,16). The molecule has 0 saturated heterocycles. The van der Waals surface area contributed by atoms with Crippen molar-refractivity contribution in [2.24, 2.45) is 0 Å². The number of hydrogen-bond donors (Lipinski definition) is 2. The summed E-state index contributed by atoms with van der Waals surface area (Å²) in [5.41, 5.74) is 0. The van der Waals surface area contributed by atoms with Crippen molar-refractivity contribution in [3.63, 3.8) is 0 Å². The number of pyridine rings is 1. The first-order chi connectivity index (χ1) is 9.03. The number of anilines is 2. The van der Waals surface area contributed by atoms with E-state index in [1.165, 1.54) is 24.7 Å². The lowest BCUT2D eigenvalue weighted by molar-refractivity contribution is 0.601. The third kappa shape index (κ3) is 3.18. The van der Waals surface area contributed by atoms with Gasteiger partial charge in [0.25, 0.3) is 10.0 Å². The van der Waals surface area contributed by atoms with E-state index in [4.69, 9.17) is 0 Å². The number of hydrogen-bond acceptors (Lipinski definition) is 6. The lowest BCUT2D eigenvalue weighted by Gasteiger charge is -2.10. The number of rotatable bonds is 4. The molecule has 0 aliphatic carbocycles. The lowest BCUT2D eigenvalue weighted by Crippen LogP contribution is -2.16. The van der Waals surface area contributed by atoms with Crippen LogP contribution in [0.2, 0.25) is 0 Å². The highest BCUT2D eigenvalue weighted by molar-refractivity contribution is 9.10. The molecule has 0 atom stereocenters. The highest BCUT2D eigenvalue weighted by Crippen LogP contribution is 2.20. The van der Waals surface area contributed by atoms with Crippen molar-refractivity contribution in [2.45, 2.75) is 4.90 Å². The summed E-state index contributed by atoms with van der Waals surface area (Å²) in [5.74, 6) is 0.397. The van der Waals surface area contributed by atoms with Gasteiger partial charge in [-0.25, -0.2) is 23.4 Å². The molecule has 0 aliphatic heterocycles. The molecule has 2 rings (SSSR count). The molecule has 0 bridgehead atoms. The molecule has 0 unspecified atom stereocenters. The molecular formula is C10H10BrN5O2S. The Labute approximate surface area is 118 Å². The van der Waals surface area contributed by atoms with E-state index >= 15 is 0 Å². The summed E-state index contributed by atoms with van der Waals surface area (Å²) < 4.78 is 27.2. The summed E-state index contributed by atoms with van der Waals surface area (Å²) in [6, 6.07) is 3.00. The number of halogens is 1. The van der Waals surface area contributed by atoms with Crippen LogP contribution in [-0.2, 0) is 10.0 Å². The molecule has 7 nitrogen and oxygen atoms in total. The minimum absolute atomic E-state index is 0.0437. The molecule has 0 aliphatic rings. The van der Waals surface area contributed by atoms with Gasteiger partial charge in [-0.05, 0) is 28.1 Å². The molecule has 0 radical (unpaired) electrons. The molecule has 2 N–H and O–H groups in total. The zero-order valence-corrected chi connectivity index (χ0v) is 12.2. The summed E-state index contributed by atoms with van der Waals surface area (Å²) >= 11 is 3.12. The highest BCUT2D eigenvalue weighted by Gasteiger charge is 2.19. The lowest BCUT2D eigenvalue weighted by atomic mass is 10.5. The van der Waals surface area contributed by atoms with Gasteiger partial charge in [-0.2, -0.15) is 0 Å². The van der Waals surface area contributed by atoms with Gasteiger partial charge in [-0.3, -0.25) is 4.72 Å². The molecule has 0 fully saturated rings. The Balaban J connectivity index is 2.35. The highest BCUT2D eigenvalue weighted by atomic mass is 79.9. The average Bonchev–Trinajstić information content (AvgIpc) is 2.41. The molecule has 100 valence electrons. The molecule has 0 spiro atoms. The summed E-state index contributed by atoms with van der Waals surface area (Å²) in [6.07, 6.45) is 4.22. The van der Waals surface area contributed by atoms with Crippen LogP contribution in [0.1, 0.15) is 0 Å². The van der Waals surface area contributed by atoms with Crippen molar-refractivity contribution in [2.75, 3.05) is 17.1 Å². The minimum Gasteiger partial charge on any atom is -0.372 e. The van der Waals surface area contributed by atoms with Gasteiger partial charge in [0.2, 0.25) is 0 Å². The zero-order valence-electron chi connectivity index (χ0n) is 9.83. The average molecular weight is 344 g/mol. The first-order valence-electron chi connectivity index (χ1n) is 5.16. The molecule has 9 heteroatoms. The Hall–Kier alpha value is -1.74.